The summed E-state index contributed by atoms with van der Waals surface area (Å²) in [6, 6.07) is 4.48. The van der Waals surface area contributed by atoms with Crippen LogP contribution in [0.25, 0.3) is 10.9 Å². The van der Waals surface area contributed by atoms with Crippen LogP contribution in [-0.4, -0.2) is 175 Å². The van der Waals surface area contributed by atoms with Crippen LogP contribution >= 0.6 is 0 Å². The summed E-state index contributed by atoms with van der Waals surface area (Å²) in [7, 11) is 0. The first-order chi connectivity index (χ1) is 41.4. The molecule has 16 N–H and O–H groups in total. The molecule has 27 nitrogen and oxygen atoms in total. The minimum Gasteiger partial charge on any atom is -0.480 e. The molecule has 2 aliphatic rings. The van der Waals surface area contributed by atoms with E-state index in [9.17, 15) is 53.1 Å². The fourth-order valence-corrected chi connectivity index (χ4v) is 10.9. The van der Waals surface area contributed by atoms with Gasteiger partial charge in [0.05, 0.1) is 12.4 Å². The van der Waals surface area contributed by atoms with Gasteiger partial charge in [0.1, 0.15) is 54.4 Å². The number of aliphatic carboxylic acids is 1. The summed E-state index contributed by atoms with van der Waals surface area (Å²) in [5, 5.41) is 30.0. The van der Waals surface area contributed by atoms with E-state index in [1.54, 1.807) is 50.4 Å². The average molecular weight is 1210 g/mol. The summed E-state index contributed by atoms with van der Waals surface area (Å²) in [5.74, 6) is -7.74. The number of imidazole rings is 1. The second kappa shape index (κ2) is 32.0. The Morgan fingerprint density at radius 3 is 1.75 bits per heavy atom. The maximum absolute atomic E-state index is 14.9. The van der Waals surface area contributed by atoms with Gasteiger partial charge >= 0.3 is 5.97 Å². The van der Waals surface area contributed by atoms with Gasteiger partial charge < -0.3 is 79.3 Å². The Morgan fingerprint density at radius 1 is 0.621 bits per heavy atom. The molecule has 2 fully saturated rings. The lowest BCUT2D eigenvalue weighted by Gasteiger charge is -2.32. The first-order valence-corrected chi connectivity index (χ1v) is 29.7. The number of fused-ring (bicyclic) bond motifs is 1. The lowest BCUT2D eigenvalue weighted by molar-refractivity contribution is -0.143. The maximum Gasteiger partial charge on any atom is 0.326 e. The summed E-state index contributed by atoms with van der Waals surface area (Å²) in [6.07, 6.45) is 6.19. The van der Waals surface area contributed by atoms with E-state index in [4.69, 9.17) is 17.2 Å². The number of nitrogens with one attached hydrogen (secondary N) is 9. The van der Waals surface area contributed by atoms with E-state index in [2.05, 4.69) is 57.2 Å². The van der Waals surface area contributed by atoms with Gasteiger partial charge in [0.15, 0.2) is 5.96 Å². The SMILES string of the molecule is CC(C)C[C@H](NC(=O)[C@H](CCCN=C(N)N)NC(=O)[C@H](Cc1cnc[nH]1)NC(=O)[C@H](Cc1c[nH]c2ccccc12)NC(=O)[C@@H]1CCCN1C(=O)[C@H](CC(C)C)NC(=O)[C@H](Cc1ccccc1)NC(=O)[C@H](C)NC(=O)[C@@H]1CCCN1C(=O)[C@H](C)N)C(=O)O. The van der Waals surface area contributed by atoms with Crippen LogP contribution in [0.5, 0.6) is 0 Å². The number of nitrogens with two attached hydrogens (primary N) is 3. The Labute approximate surface area is 505 Å². The van der Waals surface area contributed by atoms with Crippen LogP contribution < -0.4 is 54.4 Å². The molecule has 4 aromatic rings. The van der Waals surface area contributed by atoms with Gasteiger partial charge in [0.2, 0.25) is 53.2 Å². The number of nitrogens with zero attached hydrogens (tertiary/aromatic N) is 4. The molecule has 0 spiro atoms. The first kappa shape index (κ1) is 67.2. The van der Waals surface area contributed by atoms with Gasteiger partial charge in [-0.25, -0.2) is 9.78 Å². The zero-order valence-corrected chi connectivity index (χ0v) is 50.3. The van der Waals surface area contributed by atoms with Crippen LogP contribution in [0.4, 0.5) is 0 Å². The third kappa shape index (κ3) is 19.6. The second-order valence-corrected chi connectivity index (χ2v) is 23.3. The van der Waals surface area contributed by atoms with Crippen molar-refractivity contribution in [3.8, 4) is 0 Å². The molecule has 472 valence electrons. The molecule has 9 amide bonds. The molecule has 0 radical (unpaired) electrons. The largest absolute Gasteiger partial charge is 0.480 e. The van der Waals surface area contributed by atoms with E-state index in [-0.39, 0.29) is 88.2 Å². The van der Waals surface area contributed by atoms with Gasteiger partial charge in [-0.3, -0.25) is 48.1 Å². The standard InChI is InChI=1S/C60H86N16O11/c1-33(2)25-46(73-52(79)43(27-37-15-8-7-9-16-37)70-50(77)36(6)68-55(82)48-20-13-23-75(48)57(84)35(5)61)58(85)76-24-14-21-49(76)56(83)72-44(28-38-30-66-41-18-11-10-17-40(38)41)53(80)71-45(29-39-31-64-32-67-39)54(81)69-42(19-12-22-65-60(62)63)51(78)74-47(59(86)87)26-34(3)4/h7-11,15-18,30-36,42-49,66H,12-14,19-29,61H2,1-6H3,(H,64,67)(H,68,82)(H,69,81)(H,70,77)(H,71,80)(H,72,83)(H,73,79)(H,74,78)(H,86,87)(H4,62,63,65)/t35-,36-,42-,43-,44-,45-,46-,47-,48-,49-/m0/s1. The molecule has 2 aliphatic heterocycles. The van der Waals surface area contributed by atoms with Crippen LogP contribution in [0.3, 0.4) is 0 Å². The normalized spacial score (nSPS) is 17.6. The lowest BCUT2D eigenvalue weighted by atomic mass is 10.00. The first-order valence-electron chi connectivity index (χ1n) is 29.7. The molecule has 0 unspecified atom stereocenters. The van der Waals surface area contributed by atoms with Crippen molar-refractivity contribution in [3.63, 3.8) is 0 Å². The van der Waals surface area contributed by atoms with Crippen LogP contribution in [0.2, 0.25) is 0 Å². The number of hydrogen-bond donors (Lipinski definition) is 13. The molecule has 0 saturated carbocycles. The van der Waals surface area contributed by atoms with Crippen LogP contribution in [0, 0.1) is 11.8 Å². The van der Waals surface area contributed by atoms with Crippen molar-refractivity contribution in [2.24, 2.45) is 34.0 Å². The minimum atomic E-state index is -1.41. The predicted octanol–water partition coefficient (Wildman–Crippen LogP) is -0.108. The van der Waals surface area contributed by atoms with Crippen molar-refractivity contribution in [1.82, 2.24) is 62.0 Å². The number of aromatic amines is 2. The number of carboxylic acid groups (broad SMARTS) is 1. The number of para-hydroxylation sites is 1. The molecule has 0 aliphatic carbocycles. The van der Waals surface area contributed by atoms with E-state index in [0.717, 1.165) is 10.9 Å². The summed E-state index contributed by atoms with van der Waals surface area (Å²) < 4.78 is 0. The summed E-state index contributed by atoms with van der Waals surface area (Å²) >= 11 is 0. The highest BCUT2D eigenvalue weighted by molar-refractivity contribution is 5.99. The number of hydrogen-bond acceptors (Lipinski definition) is 13. The number of benzene rings is 2. The fraction of sp³-hybridized carbons (Fsp3) is 0.533. The van der Waals surface area contributed by atoms with E-state index in [1.165, 1.54) is 36.2 Å². The molecule has 2 saturated heterocycles. The van der Waals surface area contributed by atoms with E-state index in [0.29, 0.717) is 42.6 Å². The summed E-state index contributed by atoms with van der Waals surface area (Å²) in [4.78, 5) is 157. The van der Waals surface area contributed by atoms with E-state index >= 15 is 0 Å². The smallest absolute Gasteiger partial charge is 0.326 e. The van der Waals surface area contributed by atoms with E-state index < -0.39 is 114 Å². The number of likely N-dealkylation sites (tertiary alicyclic amines) is 2. The quantitative estimate of drug-likeness (QED) is 0.0178. The second-order valence-electron chi connectivity index (χ2n) is 23.3. The number of amides is 9. The average Bonchev–Trinajstić information content (AvgIpc) is 4.45. The van der Waals surface area contributed by atoms with Crippen molar-refractivity contribution in [1.29, 1.82) is 0 Å². The van der Waals surface area contributed by atoms with Crippen molar-refractivity contribution in [2.75, 3.05) is 19.6 Å². The minimum absolute atomic E-state index is 0.00224. The predicted molar refractivity (Wildman–Crippen MR) is 323 cm³/mol. The molecular formula is C60H86N16O11. The molecule has 87 heavy (non-hydrogen) atoms. The highest BCUT2D eigenvalue weighted by atomic mass is 16.4. The van der Waals surface area contributed by atoms with Gasteiger partial charge in [-0.1, -0.05) is 76.2 Å². The monoisotopic (exact) mass is 1210 g/mol. The molecule has 0 bridgehead atoms. The van der Waals surface area contributed by atoms with Crippen molar-refractivity contribution in [3.05, 3.63) is 90.1 Å². The Bertz CT molecular complexity index is 3050. The van der Waals surface area contributed by atoms with E-state index in [1.807, 2.05) is 38.1 Å². The van der Waals surface area contributed by atoms with Crippen LogP contribution in [-0.2, 0) is 67.2 Å². The Balaban J connectivity index is 1.23. The van der Waals surface area contributed by atoms with Gasteiger partial charge in [-0.2, -0.15) is 0 Å². The van der Waals surface area contributed by atoms with Crippen LogP contribution in [0.1, 0.15) is 110 Å². The molecule has 27 heteroatoms. The van der Waals surface area contributed by atoms with Crippen molar-refractivity contribution >= 4 is 76.0 Å². The van der Waals surface area contributed by atoms with Gasteiger partial charge in [0, 0.05) is 67.9 Å². The number of aliphatic imine (C=N–C) groups is 1. The lowest BCUT2D eigenvalue weighted by Crippen LogP contribution is -2.61. The number of guanidine groups is 1. The Hall–Kier alpha value is -8.88. The molecule has 4 heterocycles. The number of carboxylic acids is 1. The maximum atomic E-state index is 14.9. The fourth-order valence-electron chi connectivity index (χ4n) is 10.9. The highest BCUT2D eigenvalue weighted by Gasteiger charge is 2.42. The molecular weight excluding hydrogens is 1120 g/mol. The Kier molecular flexibility index (Phi) is 24.8. The van der Waals surface area contributed by atoms with Crippen LogP contribution in [0.15, 0.2) is 78.3 Å². The summed E-state index contributed by atoms with van der Waals surface area (Å²) in [6.45, 7) is 10.9. The molecule has 2 aromatic carbocycles. The third-order valence-corrected chi connectivity index (χ3v) is 15.3. The number of aromatic nitrogens is 3. The topological polar surface area (TPSA) is 417 Å². The zero-order valence-electron chi connectivity index (χ0n) is 50.3. The number of rotatable bonds is 31. The molecule has 2 aromatic heterocycles. The molecule has 10 atom stereocenters. The number of carbonyl (C=O) groups excluding carboxylic acids is 9. The zero-order chi connectivity index (χ0) is 63.5. The van der Waals surface area contributed by atoms with Crippen molar-refractivity contribution in [2.45, 2.75) is 173 Å². The molecule has 6 rings (SSSR count). The van der Waals surface area contributed by atoms with Gasteiger partial charge in [0.25, 0.3) is 0 Å². The Morgan fingerprint density at radius 2 is 1.15 bits per heavy atom. The highest BCUT2D eigenvalue weighted by Crippen LogP contribution is 2.24. The van der Waals surface area contributed by atoms with Crippen molar-refractivity contribution < 1.29 is 53.1 Å². The third-order valence-electron chi connectivity index (χ3n) is 15.3. The number of carbonyl (C=O) groups is 10. The summed E-state index contributed by atoms with van der Waals surface area (Å²) in [5.41, 5.74) is 19.4. The number of H-pyrrole nitrogens is 2. The van der Waals surface area contributed by atoms with Gasteiger partial charge in [-0.15, -0.1) is 0 Å². The van der Waals surface area contributed by atoms with Gasteiger partial charge in [-0.05, 0) is 94.2 Å².